The van der Waals surface area contributed by atoms with Crippen molar-refractivity contribution in [3.05, 3.63) is 58.3 Å². The van der Waals surface area contributed by atoms with E-state index < -0.39 is 0 Å². The van der Waals surface area contributed by atoms with Crippen molar-refractivity contribution in [2.24, 2.45) is 0 Å². The smallest absolute Gasteiger partial charge is 0.258 e. The zero-order valence-corrected chi connectivity index (χ0v) is 10.6. The minimum absolute atomic E-state index is 0.210. The fourth-order valence-corrected chi connectivity index (χ4v) is 1.73. The van der Waals surface area contributed by atoms with Gasteiger partial charge in [0.1, 0.15) is 5.82 Å². The first-order valence-corrected chi connectivity index (χ1v) is 5.93. The van der Waals surface area contributed by atoms with Gasteiger partial charge in [-0.3, -0.25) is 4.79 Å². The summed E-state index contributed by atoms with van der Waals surface area (Å²) in [4.78, 5) is 17.7. The number of benzene rings is 1. The van der Waals surface area contributed by atoms with Gasteiger partial charge in [-0.15, -0.1) is 0 Å². The van der Waals surface area contributed by atoms with Gasteiger partial charge in [0, 0.05) is 23.4 Å². The van der Waals surface area contributed by atoms with Crippen molar-refractivity contribution in [3.63, 3.8) is 0 Å². The lowest BCUT2D eigenvalue weighted by Crippen LogP contribution is -2.01. The maximum atomic E-state index is 13.5. The van der Waals surface area contributed by atoms with Crippen LogP contribution in [-0.2, 0) is 0 Å². The molecule has 0 aliphatic heterocycles. The van der Waals surface area contributed by atoms with Crippen LogP contribution in [0.3, 0.4) is 0 Å². The summed E-state index contributed by atoms with van der Waals surface area (Å²) < 4.78 is 18.6. The molecule has 3 rings (SSSR count). The number of H-pyrrole nitrogens is 1. The van der Waals surface area contributed by atoms with Gasteiger partial charge in [-0.25, -0.2) is 4.39 Å². The van der Waals surface area contributed by atoms with Gasteiger partial charge in [0.15, 0.2) is 0 Å². The molecule has 100 valence electrons. The predicted octanol–water partition coefficient (Wildman–Crippen LogP) is 2.54. The van der Waals surface area contributed by atoms with Crippen molar-refractivity contribution in [1.82, 2.24) is 15.1 Å². The minimum Gasteiger partial charge on any atom is -0.334 e. The van der Waals surface area contributed by atoms with Crippen LogP contribution in [0.4, 0.5) is 4.39 Å². The Morgan fingerprint density at radius 3 is 2.70 bits per heavy atom. The van der Waals surface area contributed by atoms with Gasteiger partial charge in [-0.1, -0.05) is 11.2 Å². The Morgan fingerprint density at radius 1 is 1.20 bits per heavy atom. The van der Waals surface area contributed by atoms with Crippen LogP contribution in [0, 0.1) is 12.7 Å². The molecule has 0 unspecified atom stereocenters. The average Bonchev–Trinajstić information content (AvgIpc) is 2.92. The Balaban J connectivity index is 1.99. The van der Waals surface area contributed by atoms with Gasteiger partial charge >= 0.3 is 0 Å². The number of aromatic amines is 1. The van der Waals surface area contributed by atoms with Crippen molar-refractivity contribution < 1.29 is 8.91 Å². The van der Waals surface area contributed by atoms with Gasteiger partial charge in [-0.2, -0.15) is 4.98 Å². The Labute approximate surface area is 113 Å². The predicted molar refractivity (Wildman–Crippen MR) is 70.5 cm³/mol. The molecule has 0 amide bonds. The maximum absolute atomic E-state index is 13.5. The third kappa shape index (κ3) is 2.23. The first-order chi connectivity index (χ1) is 9.63. The molecule has 2 aromatic heterocycles. The molecular formula is C14H10FN3O2. The van der Waals surface area contributed by atoms with E-state index in [0.717, 1.165) is 0 Å². The van der Waals surface area contributed by atoms with Crippen LogP contribution in [0.15, 0.2) is 45.8 Å². The summed E-state index contributed by atoms with van der Waals surface area (Å²) in [7, 11) is 0. The van der Waals surface area contributed by atoms with Crippen LogP contribution < -0.4 is 5.56 Å². The summed E-state index contributed by atoms with van der Waals surface area (Å²) in [5.74, 6) is 0.230. The molecule has 1 N–H and O–H groups in total. The number of nitrogens with zero attached hydrogens (tertiary/aromatic N) is 2. The van der Waals surface area contributed by atoms with Crippen molar-refractivity contribution >= 4 is 0 Å². The highest BCUT2D eigenvalue weighted by molar-refractivity contribution is 5.59. The van der Waals surface area contributed by atoms with Crippen molar-refractivity contribution in [2.45, 2.75) is 6.92 Å². The Kier molecular flexibility index (Phi) is 2.90. The number of aromatic nitrogens is 3. The second kappa shape index (κ2) is 4.73. The quantitative estimate of drug-likeness (QED) is 0.777. The Morgan fingerprint density at radius 2 is 2.00 bits per heavy atom. The van der Waals surface area contributed by atoms with Gasteiger partial charge in [-0.05, 0) is 30.7 Å². The monoisotopic (exact) mass is 271 g/mol. The topological polar surface area (TPSA) is 71.8 Å². The molecule has 0 saturated carbocycles. The van der Waals surface area contributed by atoms with Gasteiger partial charge in [0.25, 0.3) is 5.89 Å². The summed E-state index contributed by atoms with van der Waals surface area (Å²) in [5.41, 5.74) is 1.47. The third-order valence-electron chi connectivity index (χ3n) is 2.89. The zero-order chi connectivity index (χ0) is 14.1. The zero-order valence-electron chi connectivity index (χ0n) is 10.6. The van der Waals surface area contributed by atoms with E-state index in [9.17, 15) is 9.18 Å². The normalized spacial score (nSPS) is 10.7. The van der Waals surface area contributed by atoms with Gasteiger partial charge in [0.05, 0.1) is 0 Å². The van der Waals surface area contributed by atoms with Crippen LogP contribution in [0.25, 0.3) is 22.8 Å². The molecule has 0 aliphatic rings. The van der Waals surface area contributed by atoms with Crippen molar-refractivity contribution in [1.29, 1.82) is 0 Å². The first kappa shape index (κ1) is 12.3. The molecule has 0 aliphatic carbocycles. The standard InChI is InChI=1S/C14H10FN3O2/c1-8-2-3-9(6-11(8)15)14-17-13(18-20-14)10-4-5-12(19)16-7-10/h2-7H,1H3,(H,16,19). The first-order valence-electron chi connectivity index (χ1n) is 5.93. The molecular weight excluding hydrogens is 261 g/mol. The lowest BCUT2D eigenvalue weighted by molar-refractivity contribution is 0.432. The SMILES string of the molecule is Cc1ccc(-c2nc(-c3ccc(=O)[nH]c3)no2)cc1F. The Hall–Kier alpha value is -2.76. The van der Waals surface area contributed by atoms with Crippen molar-refractivity contribution in [3.8, 4) is 22.8 Å². The summed E-state index contributed by atoms with van der Waals surface area (Å²) in [6, 6.07) is 7.66. The van der Waals surface area contributed by atoms with Crippen LogP contribution in [0.1, 0.15) is 5.56 Å². The molecule has 1 aromatic carbocycles. The molecule has 20 heavy (non-hydrogen) atoms. The fraction of sp³-hybridized carbons (Fsp3) is 0.0714. The number of nitrogens with one attached hydrogen (secondary N) is 1. The molecule has 0 radical (unpaired) electrons. The van der Waals surface area contributed by atoms with Gasteiger partial charge < -0.3 is 9.51 Å². The maximum Gasteiger partial charge on any atom is 0.258 e. The number of pyridine rings is 1. The number of hydrogen-bond acceptors (Lipinski definition) is 4. The van der Waals surface area contributed by atoms with E-state index in [1.165, 1.54) is 18.3 Å². The molecule has 3 aromatic rings. The van der Waals surface area contributed by atoms with E-state index in [1.54, 1.807) is 25.1 Å². The van der Waals surface area contributed by atoms with E-state index in [0.29, 0.717) is 22.5 Å². The molecule has 0 atom stereocenters. The molecule has 6 heteroatoms. The second-order valence-corrected chi connectivity index (χ2v) is 4.33. The summed E-state index contributed by atoms with van der Waals surface area (Å²) in [5, 5.41) is 3.81. The second-order valence-electron chi connectivity index (χ2n) is 4.33. The summed E-state index contributed by atoms with van der Waals surface area (Å²) in [6.45, 7) is 1.68. The lowest BCUT2D eigenvalue weighted by Gasteiger charge is -1.97. The van der Waals surface area contributed by atoms with Crippen LogP contribution in [0.5, 0.6) is 0 Å². The van der Waals surface area contributed by atoms with E-state index in [1.807, 2.05) is 0 Å². The molecule has 0 fully saturated rings. The molecule has 0 spiro atoms. The van der Waals surface area contributed by atoms with Crippen molar-refractivity contribution in [2.75, 3.05) is 0 Å². The molecule has 0 saturated heterocycles. The molecule has 0 bridgehead atoms. The van der Waals surface area contributed by atoms with Crippen LogP contribution >= 0.6 is 0 Å². The van der Waals surface area contributed by atoms with E-state index in [4.69, 9.17) is 4.52 Å². The number of hydrogen-bond donors (Lipinski definition) is 1. The largest absolute Gasteiger partial charge is 0.334 e. The number of aryl methyl sites for hydroxylation is 1. The lowest BCUT2D eigenvalue weighted by atomic mass is 10.1. The van der Waals surface area contributed by atoms with Gasteiger partial charge in [0.2, 0.25) is 11.4 Å². The van der Waals surface area contributed by atoms with E-state index in [-0.39, 0.29) is 17.3 Å². The highest BCUT2D eigenvalue weighted by atomic mass is 19.1. The fourth-order valence-electron chi connectivity index (χ4n) is 1.73. The van der Waals surface area contributed by atoms with E-state index >= 15 is 0 Å². The average molecular weight is 271 g/mol. The molecule has 5 nitrogen and oxygen atoms in total. The van der Waals surface area contributed by atoms with Crippen LogP contribution in [-0.4, -0.2) is 15.1 Å². The van der Waals surface area contributed by atoms with E-state index in [2.05, 4.69) is 15.1 Å². The Bertz CT molecular complexity index is 803. The minimum atomic E-state index is -0.328. The number of rotatable bonds is 2. The highest BCUT2D eigenvalue weighted by Gasteiger charge is 2.11. The number of halogens is 1. The summed E-state index contributed by atoms with van der Waals surface area (Å²) >= 11 is 0. The van der Waals surface area contributed by atoms with Crippen LogP contribution in [0.2, 0.25) is 0 Å². The summed E-state index contributed by atoms with van der Waals surface area (Å²) in [6.07, 6.45) is 1.49. The highest BCUT2D eigenvalue weighted by Crippen LogP contribution is 2.22. The third-order valence-corrected chi connectivity index (χ3v) is 2.89. The molecule has 2 heterocycles.